The molecule has 0 aliphatic rings. The Morgan fingerprint density at radius 3 is 2.27 bits per heavy atom. The van der Waals surface area contributed by atoms with E-state index >= 15 is 0 Å². The Hall–Kier alpha value is -3.42. The SMILES string of the molecule is CC(=O)Nc1ccccc1NC(=O)C/C(C)=N\NC(=O)c1ccoc1C. The zero-order valence-corrected chi connectivity index (χ0v) is 14.8. The van der Waals surface area contributed by atoms with Crippen LogP contribution in [-0.4, -0.2) is 23.4 Å². The number of furan rings is 1. The molecule has 2 aromatic rings. The van der Waals surface area contributed by atoms with Gasteiger partial charge in [-0.05, 0) is 32.0 Å². The van der Waals surface area contributed by atoms with Crippen LogP contribution < -0.4 is 16.1 Å². The highest BCUT2D eigenvalue weighted by atomic mass is 16.3. The molecular weight excluding hydrogens is 336 g/mol. The Balaban J connectivity index is 1.94. The number of hydrazone groups is 1. The molecule has 0 atom stereocenters. The lowest BCUT2D eigenvalue weighted by atomic mass is 10.2. The highest BCUT2D eigenvalue weighted by molar-refractivity contribution is 6.08. The zero-order chi connectivity index (χ0) is 19.1. The Morgan fingerprint density at radius 2 is 1.69 bits per heavy atom. The molecule has 3 N–H and O–H groups in total. The minimum absolute atomic E-state index is 0.0148. The van der Waals surface area contributed by atoms with Crippen molar-refractivity contribution in [2.24, 2.45) is 5.10 Å². The smallest absolute Gasteiger partial charge is 0.274 e. The van der Waals surface area contributed by atoms with Crippen LogP contribution in [0.15, 0.2) is 46.1 Å². The largest absolute Gasteiger partial charge is 0.469 e. The molecule has 26 heavy (non-hydrogen) atoms. The first-order valence-electron chi connectivity index (χ1n) is 7.91. The first kappa shape index (κ1) is 18.9. The van der Waals surface area contributed by atoms with Crippen LogP contribution in [0.5, 0.6) is 0 Å². The number of anilines is 2. The van der Waals surface area contributed by atoms with E-state index in [1.807, 2.05) is 0 Å². The monoisotopic (exact) mass is 356 g/mol. The highest BCUT2D eigenvalue weighted by Crippen LogP contribution is 2.21. The molecule has 8 heteroatoms. The van der Waals surface area contributed by atoms with Gasteiger partial charge in [0.2, 0.25) is 11.8 Å². The molecule has 8 nitrogen and oxygen atoms in total. The third kappa shape index (κ3) is 5.30. The standard InChI is InChI=1S/C18H20N4O4/c1-11(21-22-18(25)14-8-9-26-12(14)2)10-17(24)20-16-7-5-4-6-15(16)19-13(3)23/h4-9H,10H2,1-3H3,(H,19,23)(H,20,24)(H,22,25)/b21-11-. The summed E-state index contributed by atoms with van der Waals surface area (Å²) in [6.07, 6.45) is 1.40. The Kier molecular flexibility index (Phi) is 6.26. The first-order chi connectivity index (χ1) is 12.4. The molecule has 1 aromatic heterocycles. The lowest BCUT2D eigenvalue weighted by molar-refractivity contribution is -0.115. The van der Waals surface area contributed by atoms with Crippen molar-refractivity contribution in [1.82, 2.24) is 5.43 Å². The van der Waals surface area contributed by atoms with Crippen LogP contribution in [0.1, 0.15) is 36.4 Å². The van der Waals surface area contributed by atoms with Crippen molar-refractivity contribution in [3.63, 3.8) is 0 Å². The summed E-state index contributed by atoms with van der Waals surface area (Å²) in [4.78, 5) is 35.3. The van der Waals surface area contributed by atoms with Crippen molar-refractivity contribution < 1.29 is 18.8 Å². The van der Waals surface area contributed by atoms with E-state index in [0.29, 0.717) is 28.4 Å². The lowest BCUT2D eigenvalue weighted by Crippen LogP contribution is -2.22. The molecule has 3 amide bonds. The van der Waals surface area contributed by atoms with Crippen LogP contribution in [0.3, 0.4) is 0 Å². The van der Waals surface area contributed by atoms with E-state index in [9.17, 15) is 14.4 Å². The normalized spacial score (nSPS) is 11.0. The molecule has 136 valence electrons. The van der Waals surface area contributed by atoms with Crippen LogP contribution in [0.25, 0.3) is 0 Å². The third-order valence-electron chi connectivity index (χ3n) is 3.38. The van der Waals surface area contributed by atoms with Crippen molar-refractivity contribution in [1.29, 1.82) is 0 Å². The molecule has 0 fully saturated rings. The van der Waals surface area contributed by atoms with Gasteiger partial charge in [-0.25, -0.2) is 5.43 Å². The van der Waals surface area contributed by atoms with Gasteiger partial charge >= 0.3 is 0 Å². The number of carbonyl (C=O) groups excluding carboxylic acids is 3. The van der Waals surface area contributed by atoms with Crippen LogP contribution in [0, 0.1) is 6.92 Å². The molecule has 1 heterocycles. The summed E-state index contributed by atoms with van der Waals surface area (Å²) in [6.45, 7) is 4.69. The average Bonchev–Trinajstić information content (AvgIpc) is 3.00. The summed E-state index contributed by atoms with van der Waals surface area (Å²) in [6, 6.07) is 8.40. The van der Waals surface area contributed by atoms with E-state index in [2.05, 4.69) is 21.2 Å². The molecule has 1 aromatic carbocycles. The van der Waals surface area contributed by atoms with Crippen molar-refractivity contribution in [3.05, 3.63) is 47.9 Å². The fraction of sp³-hybridized carbons (Fsp3) is 0.222. The summed E-state index contributed by atoms with van der Waals surface area (Å²) in [7, 11) is 0. The highest BCUT2D eigenvalue weighted by Gasteiger charge is 2.12. The summed E-state index contributed by atoms with van der Waals surface area (Å²) < 4.78 is 5.06. The van der Waals surface area contributed by atoms with Gasteiger partial charge in [0.15, 0.2) is 0 Å². The predicted molar refractivity (Wildman–Crippen MR) is 98.0 cm³/mol. The molecule has 0 radical (unpaired) electrons. The number of aryl methyl sites for hydroxylation is 1. The number of para-hydroxylation sites is 2. The summed E-state index contributed by atoms with van der Waals surface area (Å²) >= 11 is 0. The molecule has 0 aliphatic carbocycles. The molecule has 0 spiro atoms. The van der Waals surface area contributed by atoms with Crippen molar-refractivity contribution >= 4 is 34.8 Å². The number of hydrogen-bond acceptors (Lipinski definition) is 5. The Morgan fingerprint density at radius 1 is 1.04 bits per heavy atom. The minimum atomic E-state index is -0.410. The average molecular weight is 356 g/mol. The summed E-state index contributed by atoms with van der Waals surface area (Å²) in [5, 5.41) is 9.27. The molecule has 0 saturated carbocycles. The lowest BCUT2D eigenvalue weighted by Gasteiger charge is -2.11. The maximum atomic E-state index is 12.2. The minimum Gasteiger partial charge on any atom is -0.469 e. The maximum Gasteiger partial charge on any atom is 0.274 e. The topological polar surface area (TPSA) is 113 Å². The fourth-order valence-corrected chi connectivity index (χ4v) is 2.18. The van der Waals surface area contributed by atoms with Crippen LogP contribution in [0.4, 0.5) is 11.4 Å². The summed E-state index contributed by atoms with van der Waals surface area (Å²) in [5.41, 5.74) is 4.18. The van der Waals surface area contributed by atoms with Gasteiger partial charge in [0.1, 0.15) is 5.76 Å². The van der Waals surface area contributed by atoms with Gasteiger partial charge in [0, 0.05) is 12.6 Å². The van der Waals surface area contributed by atoms with E-state index in [4.69, 9.17) is 4.42 Å². The van der Waals surface area contributed by atoms with Gasteiger partial charge in [0.05, 0.1) is 29.6 Å². The van der Waals surface area contributed by atoms with E-state index in [1.165, 1.54) is 13.2 Å². The van der Waals surface area contributed by atoms with E-state index in [-0.39, 0.29) is 18.2 Å². The first-order valence-corrected chi connectivity index (χ1v) is 7.91. The molecule has 0 unspecified atom stereocenters. The third-order valence-corrected chi connectivity index (χ3v) is 3.38. The van der Waals surface area contributed by atoms with Gasteiger partial charge in [-0.15, -0.1) is 0 Å². The molecule has 2 rings (SSSR count). The van der Waals surface area contributed by atoms with E-state index in [1.54, 1.807) is 44.2 Å². The fourth-order valence-electron chi connectivity index (χ4n) is 2.18. The number of carbonyl (C=O) groups is 3. The van der Waals surface area contributed by atoms with Crippen molar-refractivity contribution in [2.75, 3.05) is 10.6 Å². The van der Waals surface area contributed by atoms with Gasteiger partial charge in [0.25, 0.3) is 5.91 Å². The van der Waals surface area contributed by atoms with Gasteiger partial charge < -0.3 is 15.1 Å². The maximum absolute atomic E-state index is 12.2. The second kappa shape index (κ2) is 8.61. The predicted octanol–water partition coefficient (Wildman–Crippen LogP) is 2.68. The van der Waals surface area contributed by atoms with E-state index in [0.717, 1.165) is 0 Å². The number of nitrogens with zero attached hydrogens (tertiary/aromatic N) is 1. The number of amides is 3. The number of benzene rings is 1. The van der Waals surface area contributed by atoms with Gasteiger partial charge in [-0.2, -0.15) is 5.10 Å². The van der Waals surface area contributed by atoms with Gasteiger partial charge in [-0.3, -0.25) is 14.4 Å². The van der Waals surface area contributed by atoms with Gasteiger partial charge in [-0.1, -0.05) is 12.1 Å². The van der Waals surface area contributed by atoms with Crippen molar-refractivity contribution in [3.8, 4) is 0 Å². The zero-order valence-electron chi connectivity index (χ0n) is 14.8. The number of rotatable bonds is 6. The molecular formula is C18H20N4O4. The molecule has 0 bridgehead atoms. The van der Waals surface area contributed by atoms with Crippen LogP contribution >= 0.6 is 0 Å². The molecule has 0 aliphatic heterocycles. The van der Waals surface area contributed by atoms with Crippen LogP contribution in [-0.2, 0) is 9.59 Å². The van der Waals surface area contributed by atoms with Crippen LogP contribution in [0.2, 0.25) is 0 Å². The van der Waals surface area contributed by atoms with Crippen molar-refractivity contribution in [2.45, 2.75) is 27.2 Å². The number of hydrogen-bond donors (Lipinski definition) is 3. The second-order valence-corrected chi connectivity index (χ2v) is 5.63. The number of nitrogens with one attached hydrogen (secondary N) is 3. The molecule has 0 saturated heterocycles. The van der Waals surface area contributed by atoms with E-state index < -0.39 is 5.91 Å². The Labute approximate surface area is 150 Å². The second-order valence-electron chi connectivity index (χ2n) is 5.63. The quantitative estimate of drug-likeness (QED) is 0.545. The Bertz CT molecular complexity index is 854. The summed E-state index contributed by atoms with van der Waals surface area (Å²) in [5.74, 6) is -0.478.